The highest BCUT2D eigenvalue weighted by Gasteiger charge is 2.10. The molecule has 0 fully saturated rings. The van der Waals surface area contributed by atoms with Gasteiger partial charge in [0.1, 0.15) is 5.75 Å². The molecule has 7 nitrogen and oxygen atoms in total. The molecule has 8 heteroatoms. The monoisotopic (exact) mass is 452 g/mol. The number of nitrogens with zero attached hydrogens (tertiary/aromatic N) is 1. The number of rotatable bonds is 11. The van der Waals surface area contributed by atoms with Crippen molar-refractivity contribution in [3.63, 3.8) is 0 Å². The highest BCUT2D eigenvalue weighted by molar-refractivity contribution is 5.94. The maximum atomic E-state index is 14.3. The summed E-state index contributed by atoms with van der Waals surface area (Å²) in [5.74, 6) is 0.732. The van der Waals surface area contributed by atoms with E-state index in [4.69, 9.17) is 14.2 Å². The first-order valence-electron chi connectivity index (χ1n) is 10.4. The first-order valence-corrected chi connectivity index (χ1v) is 10.4. The number of carbonyl (C=O) groups excluding carboxylic acids is 2. The number of methoxy groups -OCH3 is 1. The van der Waals surface area contributed by atoms with Gasteiger partial charge in [0.25, 0.3) is 0 Å². The number of aromatic nitrogens is 1. The smallest absolute Gasteiger partial charge is 0.220 e. The molecule has 3 rings (SSSR count). The van der Waals surface area contributed by atoms with Crippen molar-refractivity contribution >= 4 is 11.7 Å². The SMILES string of the molecule is COc1cc(C(C)=O)ccc1OCCCC(=O)NCc1ccc(Oc2cccnc2)c(F)c1. The Morgan fingerprint density at radius 1 is 1.06 bits per heavy atom. The zero-order chi connectivity index (χ0) is 23.6. The molecular formula is C25H25FN2O5. The maximum Gasteiger partial charge on any atom is 0.220 e. The lowest BCUT2D eigenvalue weighted by Gasteiger charge is -2.12. The average molecular weight is 452 g/mol. The Kier molecular flexibility index (Phi) is 8.35. The quantitative estimate of drug-likeness (QED) is 0.335. The molecule has 0 unspecified atom stereocenters. The van der Waals surface area contributed by atoms with E-state index in [1.165, 1.54) is 32.4 Å². The van der Waals surface area contributed by atoms with Crippen LogP contribution in [-0.4, -0.2) is 30.4 Å². The topological polar surface area (TPSA) is 86.8 Å². The third-order valence-corrected chi connectivity index (χ3v) is 4.72. The van der Waals surface area contributed by atoms with Crippen LogP contribution in [0.5, 0.6) is 23.0 Å². The Balaban J connectivity index is 1.42. The molecule has 0 radical (unpaired) electrons. The number of ether oxygens (including phenoxy) is 3. The summed E-state index contributed by atoms with van der Waals surface area (Å²) in [7, 11) is 1.50. The summed E-state index contributed by atoms with van der Waals surface area (Å²) in [6.45, 7) is 1.98. The summed E-state index contributed by atoms with van der Waals surface area (Å²) in [5.41, 5.74) is 1.15. The Morgan fingerprint density at radius 3 is 2.58 bits per heavy atom. The van der Waals surface area contributed by atoms with Crippen LogP contribution in [0.1, 0.15) is 35.7 Å². The first-order chi connectivity index (χ1) is 16.0. The summed E-state index contributed by atoms with van der Waals surface area (Å²) in [4.78, 5) is 27.5. The number of carbonyl (C=O) groups is 2. The van der Waals surface area contributed by atoms with E-state index in [9.17, 15) is 14.0 Å². The van der Waals surface area contributed by atoms with Crippen molar-refractivity contribution in [2.24, 2.45) is 0 Å². The van der Waals surface area contributed by atoms with Gasteiger partial charge < -0.3 is 19.5 Å². The molecule has 0 aliphatic carbocycles. The van der Waals surface area contributed by atoms with Crippen molar-refractivity contribution in [3.8, 4) is 23.0 Å². The first kappa shape index (κ1) is 23.7. The maximum absolute atomic E-state index is 14.3. The van der Waals surface area contributed by atoms with Gasteiger partial charge in [-0.2, -0.15) is 0 Å². The Bertz CT molecular complexity index is 1110. The van der Waals surface area contributed by atoms with E-state index >= 15 is 0 Å². The van der Waals surface area contributed by atoms with E-state index in [2.05, 4.69) is 10.3 Å². The van der Waals surface area contributed by atoms with E-state index in [0.717, 1.165) is 0 Å². The summed E-state index contributed by atoms with van der Waals surface area (Å²) < 4.78 is 30.7. The molecular weight excluding hydrogens is 427 g/mol. The molecule has 0 spiro atoms. The summed E-state index contributed by atoms with van der Waals surface area (Å²) >= 11 is 0. The molecule has 172 valence electrons. The summed E-state index contributed by atoms with van der Waals surface area (Å²) in [5, 5.41) is 2.76. The number of amides is 1. The second kappa shape index (κ2) is 11.6. The van der Waals surface area contributed by atoms with Gasteiger partial charge in [-0.1, -0.05) is 6.07 Å². The van der Waals surface area contributed by atoms with Gasteiger partial charge in [-0.05, 0) is 61.4 Å². The van der Waals surface area contributed by atoms with Gasteiger partial charge in [0, 0.05) is 24.7 Å². The Morgan fingerprint density at radius 2 is 1.88 bits per heavy atom. The summed E-state index contributed by atoms with van der Waals surface area (Å²) in [6, 6.07) is 12.9. The molecule has 0 saturated carbocycles. The van der Waals surface area contributed by atoms with Crippen LogP contribution >= 0.6 is 0 Å². The third kappa shape index (κ3) is 7.03. The average Bonchev–Trinajstić information content (AvgIpc) is 2.82. The van der Waals surface area contributed by atoms with Crippen LogP contribution in [-0.2, 0) is 11.3 Å². The number of benzene rings is 2. The highest BCUT2D eigenvalue weighted by Crippen LogP contribution is 2.28. The van der Waals surface area contributed by atoms with Gasteiger partial charge in [-0.15, -0.1) is 0 Å². The summed E-state index contributed by atoms with van der Waals surface area (Å²) in [6.07, 6.45) is 3.83. The lowest BCUT2D eigenvalue weighted by molar-refractivity contribution is -0.121. The fraction of sp³-hybridized carbons (Fsp3) is 0.240. The molecule has 1 heterocycles. The van der Waals surface area contributed by atoms with Crippen molar-refractivity contribution < 1.29 is 28.2 Å². The molecule has 0 saturated heterocycles. The van der Waals surface area contributed by atoms with E-state index in [-0.39, 0.29) is 30.4 Å². The number of hydrogen-bond donors (Lipinski definition) is 1. The van der Waals surface area contributed by atoms with Crippen LogP contribution in [0.3, 0.4) is 0 Å². The van der Waals surface area contributed by atoms with E-state index in [1.807, 2.05) is 0 Å². The van der Waals surface area contributed by atoms with Crippen LogP contribution in [0.4, 0.5) is 4.39 Å². The van der Waals surface area contributed by atoms with E-state index in [0.29, 0.717) is 41.4 Å². The molecule has 0 aliphatic rings. The normalized spacial score (nSPS) is 10.4. The lowest BCUT2D eigenvalue weighted by atomic mass is 10.1. The second-order valence-corrected chi connectivity index (χ2v) is 7.21. The van der Waals surface area contributed by atoms with Gasteiger partial charge in [0.2, 0.25) is 5.91 Å². The Hall–Kier alpha value is -3.94. The van der Waals surface area contributed by atoms with Crippen molar-refractivity contribution in [3.05, 3.63) is 77.9 Å². The van der Waals surface area contributed by atoms with Crippen molar-refractivity contribution in [1.82, 2.24) is 10.3 Å². The van der Waals surface area contributed by atoms with Crippen LogP contribution in [0.25, 0.3) is 0 Å². The molecule has 2 aromatic carbocycles. The number of Topliss-reactive ketones (excluding diaryl/α,β-unsaturated/α-hetero) is 1. The van der Waals surface area contributed by atoms with E-state index < -0.39 is 5.82 Å². The number of halogens is 1. The van der Waals surface area contributed by atoms with Crippen molar-refractivity contribution in [2.75, 3.05) is 13.7 Å². The number of pyridine rings is 1. The zero-order valence-electron chi connectivity index (χ0n) is 18.5. The van der Waals surface area contributed by atoms with E-state index in [1.54, 1.807) is 42.6 Å². The van der Waals surface area contributed by atoms with Gasteiger partial charge >= 0.3 is 0 Å². The molecule has 1 amide bonds. The lowest BCUT2D eigenvalue weighted by Crippen LogP contribution is -2.23. The fourth-order valence-electron chi connectivity index (χ4n) is 2.98. The number of nitrogens with one attached hydrogen (secondary N) is 1. The van der Waals surface area contributed by atoms with Crippen LogP contribution in [0.15, 0.2) is 60.9 Å². The largest absolute Gasteiger partial charge is 0.493 e. The predicted octanol–water partition coefficient (Wildman–Crippen LogP) is 4.70. The zero-order valence-corrected chi connectivity index (χ0v) is 18.5. The minimum absolute atomic E-state index is 0.0629. The van der Waals surface area contributed by atoms with Gasteiger partial charge in [-0.3, -0.25) is 14.6 Å². The molecule has 0 bridgehead atoms. The van der Waals surface area contributed by atoms with Gasteiger partial charge in [0.15, 0.2) is 28.8 Å². The third-order valence-electron chi connectivity index (χ3n) is 4.72. The Labute approximate surface area is 191 Å². The molecule has 3 aromatic rings. The molecule has 0 atom stereocenters. The second-order valence-electron chi connectivity index (χ2n) is 7.21. The fourth-order valence-corrected chi connectivity index (χ4v) is 2.98. The van der Waals surface area contributed by atoms with Gasteiger partial charge in [-0.25, -0.2) is 4.39 Å². The minimum atomic E-state index is -0.524. The minimum Gasteiger partial charge on any atom is -0.493 e. The van der Waals surface area contributed by atoms with Crippen molar-refractivity contribution in [2.45, 2.75) is 26.3 Å². The van der Waals surface area contributed by atoms with Crippen LogP contribution in [0, 0.1) is 5.82 Å². The van der Waals surface area contributed by atoms with Crippen molar-refractivity contribution in [1.29, 1.82) is 0 Å². The number of ketones is 1. The highest BCUT2D eigenvalue weighted by atomic mass is 19.1. The standard InChI is InChI=1S/C25H25FN2O5/c1-17(29)19-8-10-23(24(14-19)31-2)32-12-4-6-25(30)28-15-18-7-9-22(21(26)13-18)33-20-5-3-11-27-16-20/h3,5,7-11,13-14,16H,4,6,12,15H2,1-2H3,(H,28,30). The molecule has 0 aliphatic heterocycles. The number of hydrogen-bond acceptors (Lipinski definition) is 6. The predicted molar refractivity (Wildman–Crippen MR) is 120 cm³/mol. The van der Waals surface area contributed by atoms with Crippen LogP contribution in [0.2, 0.25) is 0 Å². The molecule has 1 N–H and O–H groups in total. The molecule has 33 heavy (non-hydrogen) atoms. The van der Waals surface area contributed by atoms with Gasteiger partial charge in [0.05, 0.1) is 19.9 Å². The molecule has 1 aromatic heterocycles. The van der Waals surface area contributed by atoms with Crippen LogP contribution < -0.4 is 19.5 Å².